The highest BCUT2D eigenvalue weighted by molar-refractivity contribution is 9.10. The van der Waals surface area contributed by atoms with Gasteiger partial charge in [-0.2, -0.15) is 5.10 Å². The van der Waals surface area contributed by atoms with Crippen molar-refractivity contribution < 1.29 is 4.74 Å². The normalized spacial score (nSPS) is 23.2. The van der Waals surface area contributed by atoms with E-state index in [0.717, 1.165) is 16.7 Å². The summed E-state index contributed by atoms with van der Waals surface area (Å²) >= 11 is 3.63. The van der Waals surface area contributed by atoms with Gasteiger partial charge in [0.2, 0.25) is 0 Å². The number of halogens is 1. The molecule has 21 heavy (non-hydrogen) atoms. The zero-order valence-corrected chi connectivity index (χ0v) is 14.8. The van der Waals surface area contributed by atoms with Crippen molar-refractivity contribution in [2.24, 2.45) is 17.2 Å². The number of hydrogen-bond acceptors (Lipinski definition) is 4. The van der Waals surface area contributed by atoms with Gasteiger partial charge in [-0.05, 0) is 40.1 Å². The lowest BCUT2D eigenvalue weighted by molar-refractivity contribution is 0.0932. The van der Waals surface area contributed by atoms with Crippen LogP contribution in [0.3, 0.4) is 0 Å². The van der Waals surface area contributed by atoms with Gasteiger partial charge < -0.3 is 4.74 Å². The summed E-state index contributed by atoms with van der Waals surface area (Å²) in [4.78, 5) is 0. The fourth-order valence-corrected chi connectivity index (χ4v) is 4.10. The molecule has 1 aliphatic carbocycles. The van der Waals surface area contributed by atoms with E-state index in [-0.39, 0.29) is 11.5 Å². The highest BCUT2D eigenvalue weighted by atomic mass is 79.9. The molecule has 0 aliphatic heterocycles. The Balaban J connectivity index is 2.30. The SMILES string of the molecule is COCCn1ncc(Br)c1C(NN)C1CCCCC1(C)C. The van der Waals surface area contributed by atoms with E-state index in [2.05, 4.69) is 40.3 Å². The van der Waals surface area contributed by atoms with E-state index in [9.17, 15) is 0 Å². The highest BCUT2D eigenvalue weighted by Crippen LogP contribution is 2.47. The van der Waals surface area contributed by atoms with Crippen LogP contribution in [0.2, 0.25) is 0 Å². The summed E-state index contributed by atoms with van der Waals surface area (Å²) in [7, 11) is 1.71. The Bertz CT molecular complexity index is 461. The molecule has 0 saturated heterocycles. The summed E-state index contributed by atoms with van der Waals surface area (Å²) in [5, 5.41) is 4.46. The Morgan fingerprint density at radius 1 is 1.57 bits per heavy atom. The first-order valence-electron chi connectivity index (χ1n) is 7.67. The molecule has 1 aromatic rings. The largest absolute Gasteiger partial charge is 0.383 e. The Morgan fingerprint density at radius 2 is 2.33 bits per heavy atom. The quantitative estimate of drug-likeness (QED) is 0.605. The maximum Gasteiger partial charge on any atom is 0.0713 e. The van der Waals surface area contributed by atoms with Gasteiger partial charge in [0, 0.05) is 7.11 Å². The summed E-state index contributed by atoms with van der Waals surface area (Å²) < 4.78 is 8.20. The maximum atomic E-state index is 5.94. The first kappa shape index (κ1) is 16.9. The van der Waals surface area contributed by atoms with E-state index < -0.39 is 0 Å². The van der Waals surface area contributed by atoms with Crippen LogP contribution in [0.4, 0.5) is 0 Å². The predicted octanol–water partition coefficient (Wildman–Crippen LogP) is 3.01. The van der Waals surface area contributed by atoms with Crippen LogP contribution in [0.25, 0.3) is 0 Å². The van der Waals surface area contributed by atoms with E-state index >= 15 is 0 Å². The molecule has 6 heteroatoms. The number of hydrogen-bond donors (Lipinski definition) is 2. The van der Waals surface area contributed by atoms with Gasteiger partial charge >= 0.3 is 0 Å². The lowest BCUT2D eigenvalue weighted by Crippen LogP contribution is -2.43. The van der Waals surface area contributed by atoms with Crippen molar-refractivity contribution in [3.05, 3.63) is 16.4 Å². The number of nitrogens with zero attached hydrogens (tertiary/aromatic N) is 2. The van der Waals surface area contributed by atoms with Crippen LogP contribution in [0, 0.1) is 11.3 Å². The molecule has 2 unspecified atom stereocenters. The number of nitrogens with one attached hydrogen (secondary N) is 1. The van der Waals surface area contributed by atoms with Crippen molar-refractivity contribution in [3.63, 3.8) is 0 Å². The number of hydrazine groups is 1. The van der Waals surface area contributed by atoms with Crippen molar-refractivity contribution in [1.82, 2.24) is 15.2 Å². The predicted molar refractivity (Wildman–Crippen MR) is 87.6 cm³/mol. The number of aromatic nitrogens is 2. The van der Waals surface area contributed by atoms with Crippen LogP contribution < -0.4 is 11.3 Å². The van der Waals surface area contributed by atoms with E-state index in [1.165, 1.54) is 25.7 Å². The van der Waals surface area contributed by atoms with E-state index in [1.54, 1.807) is 7.11 Å². The maximum absolute atomic E-state index is 5.94. The molecule has 2 rings (SSSR count). The molecule has 120 valence electrons. The number of nitrogens with two attached hydrogens (primary N) is 1. The lowest BCUT2D eigenvalue weighted by atomic mass is 9.65. The molecule has 0 bridgehead atoms. The molecule has 1 heterocycles. The molecule has 1 fully saturated rings. The van der Waals surface area contributed by atoms with Crippen LogP contribution >= 0.6 is 15.9 Å². The summed E-state index contributed by atoms with van der Waals surface area (Å²) in [5.41, 5.74) is 4.47. The van der Waals surface area contributed by atoms with Crippen molar-refractivity contribution in [2.75, 3.05) is 13.7 Å². The Morgan fingerprint density at radius 3 is 2.95 bits per heavy atom. The monoisotopic (exact) mass is 358 g/mol. The van der Waals surface area contributed by atoms with Gasteiger partial charge in [-0.3, -0.25) is 16.0 Å². The Hall–Kier alpha value is -0.430. The fourth-order valence-electron chi connectivity index (χ4n) is 3.56. The molecule has 1 aliphatic rings. The minimum atomic E-state index is 0.106. The third-order valence-corrected chi connectivity index (χ3v) is 5.42. The number of ether oxygens (including phenoxy) is 1. The molecule has 0 spiro atoms. The van der Waals surface area contributed by atoms with Crippen molar-refractivity contribution in [3.8, 4) is 0 Å². The van der Waals surface area contributed by atoms with E-state index in [4.69, 9.17) is 10.6 Å². The standard InChI is InChI=1S/C15H27BrN4O/c1-15(2)7-5-4-6-11(15)13(19-17)14-12(16)10-18-20(14)8-9-21-3/h10-11,13,19H,4-9,17H2,1-3H3. The van der Waals surface area contributed by atoms with Crippen molar-refractivity contribution in [2.45, 2.75) is 52.1 Å². The molecule has 2 atom stereocenters. The van der Waals surface area contributed by atoms with Gasteiger partial charge in [0.1, 0.15) is 0 Å². The van der Waals surface area contributed by atoms with Gasteiger partial charge in [0.05, 0.1) is 35.6 Å². The van der Waals surface area contributed by atoms with Gasteiger partial charge in [0.15, 0.2) is 0 Å². The molecule has 3 N–H and O–H groups in total. The average molecular weight is 359 g/mol. The summed E-state index contributed by atoms with van der Waals surface area (Å²) in [6.07, 6.45) is 6.88. The van der Waals surface area contributed by atoms with Crippen molar-refractivity contribution >= 4 is 15.9 Å². The average Bonchev–Trinajstić information content (AvgIpc) is 2.80. The molecule has 0 radical (unpaired) electrons. The smallest absolute Gasteiger partial charge is 0.0713 e. The summed E-state index contributed by atoms with van der Waals surface area (Å²) in [6, 6.07) is 0.106. The first-order valence-corrected chi connectivity index (χ1v) is 8.47. The zero-order valence-electron chi connectivity index (χ0n) is 13.2. The zero-order chi connectivity index (χ0) is 15.5. The number of methoxy groups -OCH3 is 1. The molecule has 1 saturated carbocycles. The topological polar surface area (TPSA) is 65.1 Å². The lowest BCUT2D eigenvalue weighted by Gasteiger charge is -2.43. The van der Waals surface area contributed by atoms with Crippen molar-refractivity contribution in [1.29, 1.82) is 0 Å². The van der Waals surface area contributed by atoms with E-state index in [1.807, 2.05) is 10.9 Å². The highest BCUT2D eigenvalue weighted by Gasteiger charge is 2.39. The second kappa shape index (κ2) is 7.22. The Kier molecular flexibility index (Phi) is 5.82. The Labute approximate surface area is 135 Å². The minimum absolute atomic E-state index is 0.106. The number of rotatable bonds is 6. The van der Waals surface area contributed by atoms with Gasteiger partial charge in [0.25, 0.3) is 0 Å². The summed E-state index contributed by atoms with van der Waals surface area (Å²) in [5.74, 6) is 6.44. The van der Waals surface area contributed by atoms with Gasteiger partial charge in [-0.1, -0.05) is 26.7 Å². The first-order chi connectivity index (χ1) is 10.0. The van der Waals surface area contributed by atoms with Gasteiger partial charge in [-0.25, -0.2) is 0 Å². The molecule has 5 nitrogen and oxygen atoms in total. The molecule has 0 aromatic carbocycles. The molecular formula is C15H27BrN4O. The van der Waals surface area contributed by atoms with Crippen LogP contribution in [0.15, 0.2) is 10.7 Å². The van der Waals surface area contributed by atoms with Crippen LogP contribution in [0.5, 0.6) is 0 Å². The van der Waals surface area contributed by atoms with Gasteiger partial charge in [-0.15, -0.1) is 0 Å². The second-order valence-corrected chi connectivity index (χ2v) is 7.43. The third-order valence-electron chi connectivity index (χ3n) is 4.81. The fraction of sp³-hybridized carbons (Fsp3) is 0.800. The van der Waals surface area contributed by atoms with Crippen LogP contribution in [-0.4, -0.2) is 23.5 Å². The van der Waals surface area contributed by atoms with Crippen LogP contribution in [0.1, 0.15) is 51.3 Å². The minimum Gasteiger partial charge on any atom is -0.383 e. The third kappa shape index (κ3) is 3.67. The summed E-state index contributed by atoms with van der Waals surface area (Å²) in [6.45, 7) is 6.09. The molecule has 1 aromatic heterocycles. The second-order valence-electron chi connectivity index (χ2n) is 6.58. The molecule has 0 amide bonds. The van der Waals surface area contributed by atoms with Crippen LogP contribution in [-0.2, 0) is 11.3 Å². The van der Waals surface area contributed by atoms with E-state index in [0.29, 0.717) is 12.5 Å². The molecular weight excluding hydrogens is 332 g/mol.